The summed E-state index contributed by atoms with van der Waals surface area (Å²) in [6.45, 7) is 0. The topological polar surface area (TPSA) is 53.1 Å². The largest absolute Gasteiger partial charge is 0.503 e. The van der Waals surface area contributed by atoms with Crippen molar-refractivity contribution < 1.29 is 18.3 Å². The molecule has 2 rings (SSSR count). The third-order valence-corrected chi connectivity index (χ3v) is 1.96. The van der Waals surface area contributed by atoms with Crippen LogP contribution in [0.15, 0.2) is 16.9 Å². The van der Waals surface area contributed by atoms with E-state index in [1.54, 1.807) is 0 Å². The minimum atomic E-state index is -1.64. The highest BCUT2D eigenvalue weighted by atomic mass is 19.2. The Morgan fingerprint density at radius 3 is 2.47 bits per heavy atom. The fraction of sp³-hybridized carbons (Fsp3) is 0. The molecule has 0 saturated heterocycles. The van der Waals surface area contributed by atoms with Crippen molar-refractivity contribution in [2.24, 2.45) is 0 Å². The summed E-state index contributed by atoms with van der Waals surface area (Å²) in [7, 11) is 0. The van der Waals surface area contributed by atoms with Gasteiger partial charge in [-0.15, -0.1) is 0 Å². The molecule has 0 aliphatic rings. The van der Waals surface area contributed by atoms with Crippen LogP contribution < -0.4 is 5.56 Å². The molecule has 3 nitrogen and oxygen atoms in total. The van der Waals surface area contributed by atoms with E-state index in [0.29, 0.717) is 6.07 Å². The maximum Gasteiger partial charge on any atom is 0.290 e. The third kappa shape index (κ3) is 1.34. The van der Waals surface area contributed by atoms with Crippen molar-refractivity contribution >= 4 is 10.9 Å². The van der Waals surface area contributed by atoms with E-state index in [0.717, 1.165) is 6.07 Å². The van der Waals surface area contributed by atoms with Gasteiger partial charge in [-0.05, 0) is 6.07 Å². The summed E-state index contributed by atoms with van der Waals surface area (Å²) in [5, 5.41) is 8.59. The lowest BCUT2D eigenvalue weighted by atomic mass is 10.2. The maximum absolute atomic E-state index is 13.1. The van der Waals surface area contributed by atoms with Gasteiger partial charge in [0.15, 0.2) is 23.2 Å². The number of nitrogens with one attached hydrogen (secondary N) is 1. The second kappa shape index (κ2) is 3.01. The first-order valence-electron chi connectivity index (χ1n) is 3.90. The van der Waals surface area contributed by atoms with E-state index in [2.05, 4.69) is 0 Å². The normalized spacial score (nSPS) is 10.9. The van der Waals surface area contributed by atoms with Crippen LogP contribution in [-0.4, -0.2) is 10.1 Å². The lowest BCUT2D eigenvalue weighted by Gasteiger charge is -2.02. The molecule has 0 bridgehead atoms. The van der Waals surface area contributed by atoms with Gasteiger partial charge >= 0.3 is 0 Å². The van der Waals surface area contributed by atoms with Crippen molar-refractivity contribution in [1.82, 2.24) is 4.98 Å². The van der Waals surface area contributed by atoms with E-state index < -0.39 is 28.8 Å². The molecule has 1 aromatic heterocycles. The zero-order valence-electron chi connectivity index (χ0n) is 7.14. The Morgan fingerprint density at radius 1 is 1.13 bits per heavy atom. The van der Waals surface area contributed by atoms with Crippen LogP contribution in [0.4, 0.5) is 13.2 Å². The fourth-order valence-electron chi connectivity index (χ4n) is 1.24. The van der Waals surface area contributed by atoms with Crippen molar-refractivity contribution in [3.63, 3.8) is 0 Å². The van der Waals surface area contributed by atoms with Crippen molar-refractivity contribution in [3.05, 3.63) is 39.9 Å². The average molecular weight is 215 g/mol. The number of benzene rings is 1. The highest BCUT2D eigenvalue weighted by molar-refractivity contribution is 5.80. The number of H-pyrrole nitrogens is 1. The number of fused-ring (bicyclic) bond motifs is 1. The smallest absolute Gasteiger partial charge is 0.290 e. The molecule has 0 radical (unpaired) electrons. The number of aromatic hydroxyl groups is 1. The molecule has 0 spiro atoms. The molecule has 0 fully saturated rings. The number of pyridine rings is 1. The van der Waals surface area contributed by atoms with Crippen LogP contribution >= 0.6 is 0 Å². The molecule has 0 atom stereocenters. The van der Waals surface area contributed by atoms with Gasteiger partial charge in [0.1, 0.15) is 0 Å². The second-order valence-corrected chi connectivity index (χ2v) is 2.93. The highest BCUT2D eigenvalue weighted by Gasteiger charge is 2.15. The molecule has 2 aromatic rings. The van der Waals surface area contributed by atoms with Crippen LogP contribution in [0.1, 0.15) is 0 Å². The van der Waals surface area contributed by atoms with Crippen molar-refractivity contribution in [1.29, 1.82) is 0 Å². The number of hydrogen-bond donors (Lipinski definition) is 2. The molecule has 6 heteroatoms. The first kappa shape index (κ1) is 9.57. The summed E-state index contributed by atoms with van der Waals surface area (Å²) in [5.74, 6) is -5.25. The van der Waals surface area contributed by atoms with E-state index in [9.17, 15) is 18.0 Å². The van der Waals surface area contributed by atoms with E-state index in [-0.39, 0.29) is 10.9 Å². The van der Waals surface area contributed by atoms with Crippen LogP contribution in [0.2, 0.25) is 0 Å². The maximum atomic E-state index is 13.1. The van der Waals surface area contributed by atoms with Gasteiger partial charge in [-0.1, -0.05) is 0 Å². The number of rotatable bonds is 0. The van der Waals surface area contributed by atoms with Gasteiger partial charge in [0.2, 0.25) is 0 Å². The molecule has 0 aliphatic heterocycles. The van der Waals surface area contributed by atoms with Gasteiger partial charge < -0.3 is 10.1 Å². The Balaban J connectivity index is 2.99. The minimum Gasteiger partial charge on any atom is -0.503 e. The molecule has 78 valence electrons. The van der Waals surface area contributed by atoms with Gasteiger partial charge in [-0.3, -0.25) is 4.79 Å². The molecule has 0 saturated carbocycles. The Labute approximate surface area is 80.8 Å². The molecule has 1 aromatic carbocycles. The fourth-order valence-corrected chi connectivity index (χ4v) is 1.24. The van der Waals surface area contributed by atoms with Crippen LogP contribution in [0.3, 0.4) is 0 Å². The summed E-state index contributed by atoms with van der Waals surface area (Å²) >= 11 is 0. The Morgan fingerprint density at radius 2 is 1.80 bits per heavy atom. The predicted octanol–water partition coefficient (Wildman–Crippen LogP) is 1.65. The summed E-state index contributed by atoms with van der Waals surface area (Å²) in [5.41, 5.74) is -1.11. The SMILES string of the molecule is O=c1[nH]c2cc(F)c(F)c(F)c2cc1O. The zero-order chi connectivity index (χ0) is 11.2. The first-order valence-corrected chi connectivity index (χ1v) is 3.90. The molecule has 0 unspecified atom stereocenters. The molecule has 15 heavy (non-hydrogen) atoms. The van der Waals surface area contributed by atoms with Crippen LogP contribution in [-0.2, 0) is 0 Å². The summed E-state index contributed by atoms with van der Waals surface area (Å²) in [6.07, 6.45) is 0. The average Bonchev–Trinajstić information content (AvgIpc) is 2.19. The first-order chi connectivity index (χ1) is 7.00. The summed E-state index contributed by atoms with van der Waals surface area (Å²) in [6, 6.07) is 1.39. The van der Waals surface area contributed by atoms with E-state index in [1.165, 1.54) is 0 Å². The third-order valence-electron chi connectivity index (χ3n) is 1.96. The lowest BCUT2D eigenvalue weighted by molar-refractivity contribution is 0.450. The Bertz CT molecular complexity index is 606. The van der Waals surface area contributed by atoms with Gasteiger partial charge in [0.05, 0.1) is 5.52 Å². The van der Waals surface area contributed by atoms with E-state index in [1.807, 2.05) is 4.98 Å². The van der Waals surface area contributed by atoms with Gasteiger partial charge in [-0.25, -0.2) is 13.2 Å². The second-order valence-electron chi connectivity index (χ2n) is 2.93. The highest BCUT2D eigenvalue weighted by Crippen LogP contribution is 2.22. The van der Waals surface area contributed by atoms with Gasteiger partial charge in [-0.2, -0.15) is 0 Å². The number of aromatic amines is 1. The predicted molar refractivity (Wildman–Crippen MR) is 46.1 cm³/mol. The monoisotopic (exact) mass is 215 g/mol. The van der Waals surface area contributed by atoms with Crippen molar-refractivity contribution in [2.75, 3.05) is 0 Å². The van der Waals surface area contributed by atoms with Crippen LogP contribution in [0.5, 0.6) is 5.75 Å². The molecule has 1 heterocycles. The lowest BCUT2D eigenvalue weighted by Crippen LogP contribution is -2.06. The standard InChI is InChI=1S/C9H4F3NO2/c10-4-2-5-3(7(11)8(4)12)1-6(14)9(15)13-5/h1-2,14H,(H,13,15). The number of halogens is 3. The molecular weight excluding hydrogens is 211 g/mol. The van der Waals surface area contributed by atoms with Gasteiger partial charge in [0.25, 0.3) is 5.56 Å². The quantitative estimate of drug-likeness (QED) is 0.656. The Hall–Kier alpha value is -1.98. The van der Waals surface area contributed by atoms with Gasteiger partial charge in [0, 0.05) is 11.5 Å². The van der Waals surface area contributed by atoms with Crippen molar-refractivity contribution in [2.45, 2.75) is 0 Å². The molecule has 0 aliphatic carbocycles. The summed E-state index contributed by atoms with van der Waals surface area (Å²) < 4.78 is 38.6. The zero-order valence-corrected chi connectivity index (χ0v) is 7.14. The van der Waals surface area contributed by atoms with Crippen LogP contribution in [0, 0.1) is 17.5 Å². The molecule has 2 N–H and O–H groups in total. The number of aromatic nitrogens is 1. The van der Waals surface area contributed by atoms with Crippen LogP contribution in [0.25, 0.3) is 10.9 Å². The number of hydrogen-bond acceptors (Lipinski definition) is 2. The molecular formula is C9H4F3NO2. The minimum absolute atomic E-state index is 0.214. The Kier molecular flexibility index (Phi) is 1.92. The molecule has 0 amide bonds. The summed E-state index contributed by atoms with van der Waals surface area (Å²) in [4.78, 5) is 12.9. The van der Waals surface area contributed by atoms with E-state index >= 15 is 0 Å². The van der Waals surface area contributed by atoms with Crippen molar-refractivity contribution in [3.8, 4) is 5.75 Å². The van der Waals surface area contributed by atoms with E-state index in [4.69, 9.17) is 5.11 Å².